The first-order chi connectivity index (χ1) is 12.0. The highest BCUT2D eigenvalue weighted by Gasteiger charge is 2.34. The molecule has 0 saturated heterocycles. The number of rotatable bonds is 4. The Kier molecular flexibility index (Phi) is 4.47. The Morgan fingerprint density at radius 3 is 2.50 bits per heavy atom. The van der Waals surface area contributed by atoms with E-state index >= 15 is 0 Å². The fourth-order valence-corrected chi connectivity index (χ4v) is 2.44. The summed E-state index contributed by atoms with van der Waals surface area (Å²) in [6.45, 7) is 0.218. The number of halogens is 6. The van der Waals surface area contributed by atoms with Crippen LogP contribution in [0.1, 0.15) is 11.4 Å². The molecule has 1 aromatic carbocycles. The number of aromatic nitrogens is 4. The molecule has 0 fully saturated rings. The van der Waals surface area contributed by atoms with Crippen LogP contribution in [-0.4, -0.2) is 32.4 Å². The van der Waals surface area contributed by atoms with Gasteiger partial charge in [0.1, 0.15) is 5.75 Å². The van der Waals surface area contributed by atoms with E-state index in [1.54, 1.807) is 6.92 Å². The first kappa shape index (κ1) is 18.3. The largest absolute Gasteiger partial charge is 0.484 e. The van der Waals surface area contributed by atoms with Crippen LogP contribution in [0.4, 0.5) is 22.0 Å². The molecule has 0 aliphatic carbocycles. The van der Waals surface area contributed by atoms with Crippen LogP contribution in [0.15, 0.2) is 30.6 Å². The van der Waals surface area contributed by atoms with Crippen LogP contribution in [0.3, 0.4) is 0 Å². The standard InChI is InChI=1S/C15H10ClF5N4O/c1-8-4-9(26-7-14(17,18)19)2-3-10(8)11-6-25-12(5-22-11)23-24-13(25)15(16,20)21/h2-6H,7H2,1H3. The summed E-state index contributed by atoms with van der Waals surface area (Å²) in [6.07, 6.45) is -1.93. The first-order valence-corrected chi connectivity index (χ1v) is 7.51. The van der Waals surface area contributed by atoms with Crippen LogP contribution < -0.4 is 4.74 Å². The van der Waals surface area contributed by atoms with Crippen LogP contribution in [0.5, 0.6) is 5.75 Å². The highest BCUT2D eigenvalue weighted by atomic mass is 35.5. The molecule has 138 valence electrons. The molecule has 0 aliphatic rings. The van der Waals surface area contributed by atoms with E-state index < -0.39 is 24.0 Å². The molecule has 0 spiro atoms. The maximum absolute atomic E-state index is 13.4. The second kappa shape index (κ2) is 6.35. The van der Waals surface area contributed by atoms with Crippen molar-refractivity contribution in [3.05, 3.63) is 42.0 Å². The number of ether oxygens (including phenoxy) is 1. The number of fused-ring (bicyclic) bond motifs is 1. The highest BCUT2D eigenvalue weighted by Crippen LogP contribution is 2.32. The number of aryl methyl sites for hydroxylation is 1. The molecular formula is C15H10ClF5N4O. The van der Waals surface area contributed by atoms with Crippen molar-refractivity contribution in [1.82, 2.24) is 19.6 Å². The third-order valence-corrected chi connectivity index (χ3v) is 3.59. The highest BCUT2D eigenvalue weighted by molar-refractivity contribution is 6.21. The molecule has 0 radical (unpaired) electrons. The zero-order valence-electron chi connectivity index (χ0n) is 13.1. The van der Waals surface area contributed by atoms with Gasteiger partial charge < -0.3 is 4.74 Å². The van der Waals surface area contributed by atoms with Gasteiger partial charge in [0.25, 0.3) is 0 Å². The van der Waals surface area contributed by atoms with Crippen LogP contribution in [0.2, 0.25) is 0 Å². The van der Waals surface area contributed by atoms with E-state index in [-0.39, 0.29) is 11.4 Å². The van der Waals surface area contributed by atoms with Crippen LogP contribution in [0.25, 0.3) is 16.9 Å². The average Bonchev–Trinajstić information content (AvgIpc) is 2.95. The molecule has 0 N–H and O–H groups in total. The molecular weight excluding hydrogens is 383 g/mol. The number of nitrogens with zero attached hydrogens (tertiary/aromatic N) is 4. The topological polar surface area (TPSA) is 52.3 Å². The summed E-state index contributed by atoms with van der Waals surface area (Å²) < 4.78 is 69.1. The van der Waals surface area contributed by atoms with E-state index in [9.17, 15) is 22.0 Å². The van der Waals surface area contributed by atoms with E-state index in [2.05, 4.69) is 19.9 Å². The van der Waals surface area contributed by atoms with Gasteiger partial charge in [-0.25, -0.2) is 0 Å². The number of benzene rings is 1. The van der Waals surface area contributed by atoms with Crippen molar-refractivity contribution in [3.63, 3.8) is 0 Å². The van der Waals surface area contributed by atoms with Crippen LogP contribution in [0, 0.1) is 6.92 Å². The van der Waals surface area contributed by atoms with Crippen molar-refractivity contribution in [1.29, 1.82) is 0 Å². The molecule has 3 aromatic rings. The Morgan fingerprint density at radius 2 is 1.88 bits per heavy atom. The molecule has 11 heteroatoms. The van der Waals surface area contributed by atoms with E-state index in [1.807, 2.05) is 0 Å². The zero-order valence-corrected chi connectivity index (χ0v) is 13.8. The Bertz CT molecular complexity index is 951. The predicted octanol–water partition coefficient (Wildman–Crippen LogP) is 4.33. The maximum atomic E-state index is 13.4. The van der Waals surface area contributed by atoms with Gasteiger partial charge in [-0.2, -0.15) is 22.0 Å². The molecule has 2 heterocycles. The fraction of sp³-hybridized carbons (Fsp3) is 0.267. The maximum Gasteiger partial charge on any atom is 0.422 e. The third kappa shape index (κ3) is 3.85. The molecule has 3 rings (SSSR count). The van der Waals surface area contributed by atoms with Gasteiger partial charge in [-0.05, 0) is 42.3 Å². The Morgan fingerprint density at radius 1 is 1.15 bits per heavy atom. The Balaban J connectivity index is 1.96. The van der Waals surface area contributed by atoms with Gasteiger partial charge in [-0.1, -0.05) is 0 Å². The van der Waals surface area contributed by atoms with Crippen molar-refractivity contribution < 1.29 is 26.7 Å². The average molecular weight is 393 g/mol. The van der Waals surface area contributed by atoms with Crippen LogP contribution in [-0.2, 0) is 5.38 Å². The minimum absolute atomic E-state index is 0.0296. The summed E-state index contributed by atoms with van der Waals surface area (Å²) in [6, 6.07) is 4.22. The Labute approximate surface area is 148 Å². The van der Waals surface area contributed by atoms with E-state index in [1.165, 1.54) is 30.6 Å². The monoisotopic (exact) mass is 392 g/mol. The summed E-state index contributed by atoms with van der Waals surface area (Å²) in [7, 11) is 0. The lowest BCUT2D eigenvalue weighted by atomic mass is 10.1. The third-order valence-electron chi connectivity index (χ3n) is 3.42. The van der Waals surface area contributed by atoms with Gasteiger partial charge >= 0.3 is 11.6 Å². The summed E-state index contributed by atoms with van der Waals surface area (Å²) >= 11 is 5.02. The Hall–Kier alpha value is -2.49. The lowest BCUT2D eigenvalue weighted by Crippen LogP contribution is -2.19. The van der Waals surface area contributed by atoms with Crippen molar-refractivity contribution in [3.8, 4) is 17.0 Å². The normalized spacial score (nSPS) is 12.6. The second-order valence-electron chi connectivity index (χ2n) is 5.40. The van der Waals surface area contributed by atoms with Gasteiger partial charge in [0.2, 0.25) is 5.82 Å². The minimum atomic E-state index is -4.45. The molecule has 0 unspecified atom stereocenters. The van der Waals surface area contributed by atoms with Crippen molar-refractivity contribution in [2.75, 3.05) is 6.61 Å². The van der Waals surface area contributed by atoms with Gasteiger partial charge in [0.15, 0.2) is 12.3 Å². The van der Waals surface area contributed by atoms with E-state index in [0.717, 1.165) is 4.40 Å². The summed E-state index contributed by atoms with van der Waals surface area (Å²) in [5.41, 5.74) is 1.43. The minimum Gasteiger partial charge on any atom is -0.484 e. The van der Waals surface area contributed by atoms with E-state index in [4.69, 9.17) is 11.6 Å². The van der Waals surface area contributed by atoms with E-state index in [0.29, 0.717) is 16.8 Å². The fourth-order valence-electron chi connectivity index (χ4n) is 2.31. The smallest absolute Gasteiger partial charge is 0.422 e. The lowest BCUT2D eigenvalue weighted by molar-refractivity contribution is -0.153. The number of alkyl halides is 6. The molecule has 2 aromatic heterocycles. The summed E-state index contributed by atoms with van der Waals surface area (Å²) in [4.78, 5) is 4.12. The zero-order chi connectivity index (χ0) is 19.1. The lowest BCUT2D eigenvalue weighted by Gasteiger charge is -2.12. The SMILES string of the molecule is Cc1cc(OCC(F)(F)F)ccc1-c1cn2c(C(F)(F)Cl)nnc2cn1. The molecule has 0 aliphatic heterocycles. The molecule has 0 atom stereocenters. The predicted molar refractivity (Wildman–Crippen MR) is 82.3 cm³/mol. The van der Waals surface area contributed by atoms with Gasteiger partial charge in [0.05, 0.1) is 11.9 Å². The summed E-state index contributed by atoms with van der Waals surface area (Å²) in [5, 5.41) is 3.19. The van der Waals surface area contributed by atoms with Crippen molar-refractivity contribution in [2.45, 2.75) is 18.5 Å². The van der Waals surface area contributed by atoms with Gasteiger partial charge in [-0.3, -0.25) is 9.38 Å². The quantitative estimate of drug-likeness (QED) is 0.490. The molecule has 0 amide bonds. The molecule has 5 nitrogen and oxygen atoms in total. The summed E-state index contributed by atoms with van der Waals surface area (Å²) in [5.74, 6) is -0.734. The molecule has 0 saturated carbocycles. The van der Waals surface area contributed by atoms with Crippen molar-refractivity contribution in [2.24, 2.45) is 0 Å². The molecule has 0 bridgehead atoms. The number of hydrogen-bond acceptors (Lipinski definition) is 4. The van der Waals surface area contributed by atoms with Gasteiger partial charge in [0, 0.05) is 11.8 Å². The van der Waals surface area contributed by atoms with Gasteiger partial charge in [-0.15, -0.1) is 10.2 Å². The second-order valence-corrected chi connectivity index (χ2v) is 5.88. The molecule has 26 heavy (non-hydrogen) atoms. The number of hydrogen-bond donors (Lipinski definition) is 0. The van der Waals surface area contributed by atoms with Crippen LogP contribution >= 0.6 is 11.6 Å². The van der Waals surface area contributed by atoms with Crippen molar-refractivity contribution >= 4 is 17.2 Å². The first-order valence-electron chi connectivity index (χ1n) is 7.13.